The van der Waals surface area contributed by atoms with E-state index in [2.05, 4.69) is 20.7 Å². The Hall–Kier alpha value is -0.660. The molecular formula is C12H13BrClF3O3. The van der Waals surface area contributed by atoms with Crippen molar-refractivity contribution in [3.8, 4) is 11.5 Å². The molecule has 3 nitrogen and oxygen atoms in total. The van der Waals surface area contributed by atoms with Crippen LogP contribution in [-0.2, 0) is 4.74 Å². The van der Waals surface area contributed by atoms with Crippen LogP contribution in [-0.4, -0.2) is 33.6 Å². The van der Waals surface area contributed by atoms with Gasteiger partial charge in [0.15, 0.2) is 11.5 Å². The lowest BCUT2D eigenvalue weighted by atomic mass is 10.1. The van der Waals surface area contributed by atoms with E-state index in [0.717, 1.165) is 0 Å². The molecule has 0 aliphatic rings. The maximum Gasteiger partial charge on any atom is 0.411 e. The normalized spacial score (nSPS) is 13.2. The molecule has 1 rings (SSSR count). The van der Waals surface area contributed by atoms with E-state index in [0.29, 0.717) is 22.1 Å². The second-order valence-electron chi connectivity index (χ2n) is 3.83. The first-order chi connectivity index (χ1) is 9.28. The van der Waals surface area contributed by atoms with Gasteiger partial charge in [0.2, 0.25) is 0 Å². The van der Waals surface area contributed by atoms with Crippen LogP contribution in [0.1, 0.15) is 10.4 Å². The molecule has 0 bridgehead atoms. The summed E-state index contributed by atoms with van der Waals surface area (Å²) in [6, 6.07) is 3.13. The van der Waals surface area contributed by atoms with Gasteiger partial charge in [-0.1, -0.05) is 27.5 Å². The van der Waals surface area contributed by atoms with Gasteiger partial charge in [0.1, 0.15) is 6.61 Å². The van der Waals surface area contributed by atoms with Crippen LogP contribution in [0.15, 0.2) is 12.1 Å². The van der Waals surface area contributed by atoms with E-state index < -0.39 is 17.6 Å². The minimum Gasteiger partial charge on any atom is -0.493 e. The van der Waals surface area contributed by atoms with Gasteiger partial charge in [0.25, 0.3) is 0 Å². The smallest absolute Gasteiger partial charge is 0.411 e. The van der Waals surface area contributed by atoms with Crippen molar-refractivity contribution in [2.75, 3.05) is 27.4 Å². The molecule has 0 N–H and O–H groups in total. The van der Waals surface area contributed by atoms with Gasteiger partial charge in [-0.05, 0) is 11.6 Å². The molecule has 0 aliphatic carbocycles. The molecule has 0 heterocycles. The van der Waals surface area contributed by atoms with Crippen molar-refractivity contribution < 1.29 is 27.4 Å². The number of alkyl halides is 4. The molecule has 0 amide bonds. The van der Waals surface area contributed by atoms with Gasteiger partial charge >= 0.3 is 6.18 Å². The molecule has 1 atom stereocenters. The lowest BCUT2D eigenvalue weighted by Gasteiger charge is -2.16. The maximum atomic E-state index is 12.0. The summed E-state index contributed by atoms with van der Waals surface area (Å²) in [5.74, 6) is 0.879. The lowest BCUT2D eigenvalue weighted by Crippen LogP contribution is -2.18. The monoisotopic (exact) mass is 376 g/mol. The Morgan fingerprint density at radius 3 is 2.25 bits per heavy atom. The molecule has 0 spiro atoms. The van der Waals surface area contributed by atoms with Crippen molar-refractivity contribution in [2.45, 2.75) is 11.0 Å². The largest absolute Gasteiger partial charge is 0.493 e. The number of ether oxygens (including phenoxy) is 3. The second-order valence-corrected chi connectivity index (χ2v) is 5.34. The molecule has 0 radical (unpaired) electrons. The van der Waals surface area contributed by atoms with E-state index in [9.17, 15) is 13.2 Å². The van der Waals surface area contributed by atoms with Crippen LogP contribution in [0.25, 0.3) is 0 Å². The predicted molar refractivity (Wildman–Crippen MR) is 73.1 cm³/mol. The van der Waals surface area contributed by atoms with Gasteiger partial charge < -0.3 is 14.2 Å². The fraction of sp³-hybridized carbons (Fsp3) is 0.500. The Kier molecular flexibility index (Phi) is 6.42. The third-order valence-corrected chi connectivity index (χ3v) is 3.46. The van der Waals surface area contributed by atoms with Crippen molar-refractivity contribution >= 4 is 27.5 Å². The second kappa shape index (κ2) is 7.38. The molecule has 8 heteroatoms. The molecule has 0 fully saturated rings. The third kappa shape index (κ3) is 5.03. The molecule has 114 valence electrons. The van der Waals surface area contributed by atoms with E-state index in [1.54, 1.807) is 6.07 Å². The molecule has 0 saturated carbocycles. The van der Waals surface area contributed by atoms with E-state index in [-0.39, 0.29) is 6.61 Å². The zero-order valence-corrected chi connectivity index (χ0v) is 13.1. The highest BCUT2D eigenvalue weighted by atomic mass is 79.9. The van der Waals surface area contributed by atoms with E-state index in [1.807, 2.05) is 0 Å². The molecule has 20 heavy (non-hydrogen) atoms. The number of rotatable bonds is 6. The van der Waals surface area contributed by atoms with Gasteiger partial charge in [-0.3, -0.25) is 0 Å². The number of hydrogen-bond donors (Lipinski definition) is 0. The van der Waals surface area contributed by atoms with Crippen LogP contribution in [0.3, 0.4) is 0 Å². The zero-order valence-electron chi connectivity index (χ0n) is 10.8. The Morgan fingerprint density at radius 1 is 1.20 bits per heavy atom. The molecule has 1 aromatic carbocycles. The predicted octanol–water partition coefficient (Wildman–Crippen LogP) is 4.37. The summed E-state index contributed by atoms with van der Waals surface area (Å²) in [6.45, 7) is -1.48. The van der Waals surface area contributed by atoms with E-state index in [1.165, 1.54) is 20.3 Å². The highest BCUT2D eigenvalue weighted by Gasteiger charge is 2.28. The average Bonchev–Trinajstić information content (AvgIpc) is 2.36. The summed E-state index contributed by atoms with van der Waals surface area (Å²) in [5.41, 5.74) is 0.562. The maximum absolute atomic E-state index is 12.0. The average molecular weight is 378 g/mol. The third-order valence-electron chi connectivity index (χ3n) is 2.37. The van der Waals surface area contributed by atoms with Crippen molar-refractivity contribution in [2.24, 2.45) is 0 Å². The summed E-state index contributed by atoms with van der Waals surface area (Å²) in [5, 5.41) is 0.347. The summed E-state index contributed by atoms with van der Waals surface area (Å²) < 4.78 is 50.8. The van der Waals surface area contributed by atoms with Crippen molar-refractivity contribution in [1.29, 1.82) is 0 Å². The van der Waals surface area contributed by atoms with Gasteiger partial charge in [0.05, 0.1) is 25.7 Å². The van der Waals surface area contributed by atoms with Crippen molar-refractivity contribution in [3.05, 3.63) is 22.7 Å². The zero-order chi connectivity index (χ0) is 15.3. The van der Waals surface area contributed by atoms with Crippen LogP contribution >= 0.6 is 27.5 Å². The van der Waals surface area contributed by atoms with Gasteiger partial charge in [-0.15, -0.1) is 0 Å². The molecule has 1 unspecified atom stereocenters. The first-order valence-corrected chi connectivity index (χ1v) is 6.78. The first-order valence-electron chi connectivity index (χ1n) is 5.48. The summed E-state index contributed by atoms with van der Waals surface area (Å²) in [7, 11) is 2.92. The quantitative estimate of drug-likeness (QED) is 0.689. The standard InChI is InChI=1S/C12H13BrClF3O3/c1-18-10-3-7(9(14)4-11(10)19-2)8(13)5-20-6-12(15,16)17/h3-4,8H,5-6H2,1-2H3. The van der Waals surface area contributed by atoms with Crippen molar-refractivity contribution in [1.82, 2.24) is 0 Å². The molecular weight excluding hydrogens is 364 g/mol. The van der Waals surface area contributed by atoms with Crippen LogP contribution in [0.4, 0.5) is 13.2 Å². The number of halogens is 5. The topological polar surface area (TPSA) is 27.7 Å². The SMILES string of the molecule is COc1cc(Cl)c(C(Br)COCC(F)(F)F)cc1OC. The summed E-state index contributed by atoms with van der Waals surface area (Å²) in [4.78, 5) is -0.489. The number of hydrogen-bond acceptors (Lipinski definition) is 3. The molecule has 0 aromatic heterocycles. The highest BCUT2D eigenvalue weighted by molar-refractivity contribution is 9.09. The molecule has 1 aromatic rings. The highest BCUT2D eigenvalue weighted by Crippen LogP contribution is 2.38. The first kappa shape index (κ1) is 17.4. The summed E-state index contributed by atoms with van der Waals surface area (Å²) >= 11 is 9.30. The van der Waals surface area contributed by atoms with E-state index >= 15 is 0 Å². The summed E-state index contributed by atoms with van der Waals surface area (Å²) in [6.07, 6.45) is -4.35. The fourth-order valence-electron chi connectivity index (χ4n) is 1.48. The molecule has 0 saturated heterocycles. The Morgan fingerprint density at radius 2 is 1.75 bits per heavy atom. The minimum atomic E-state index is -4.35. The fourth-order valence-corrected chi connectivity index (χ4v) is 2.46. The van der Waals surface area contributed by atoms with Gasteiger partial charge in [0, 0.05) is 11.1 Å². The van der Waals surface area contributed by atoms with Gasteiger partial charge in [-0.2, -0.15) is 13.2 Å². The number of methoxy groups -OCH3 is 2. The van der Waals surface area contributed by atoms with Gasteiger partial charge in [-0.25, -0.2) is 0 Å². The van der Waals surface area contributed by atoms with Crippen LogP contribution in [0.2, 0.25) is 5.02 Å². The Balaban J connectivity index is 2.79. The lowest BCUT2D eigenvalue weighted by molar-refractivity contribution is -0.173. The van der Waals surface area contributed by atoms with E-state index in [4.69, 9.17) is 21.1 Å². The number of benzene rings is 1. The van der Waals surface area contributed by atoms with Crippen LogP contribution in [0.5, 0.6) is 11.5 Å². The Labute approximate surface area is 128 Å². The van der Waals surface area contributed by atoms with Crippen LogP contribution in [0, 0.1) is 0 Å². The Bertz CT molecular complexity index is 454. The van der Waals surface area contributed by atoms with Crippen molar-refractivity contribution in [3.63, 3.8) is 0 Å². The molecule has 0 aliphatic heterocycles. The van der Waals surface area contributed by atoms with Crippen LogP contribution < -0.4 is 9.47 Å². The minimum absolute atomic E-state index is 0.172.